The standard InChI is InChI=1S/C12H14BrClN4/c1-2-5-15-7-10-8-16-17-18(10)9-3-4-12(14)11(13)6-9/h3-4,6,8,15H,2,5,7H2,1H3. The molecule has 0 aliphatic carbocycles. The Hall–Kier alpha value is -0.910. The molecule has 6 heteroatoms. The number of hydrogen-bond donors (Lipinski definition) is 1. The maximum Gasteiger partial charge on any atom is 0.0783 e. The lowest BCUT2D eigenvalue weighted by Crippen LogP contribution is -2.16. The molecule has 0 bridgehead atoms. The van der Waals surface area contributed by atoms with Gasteiger partial charge in [0.15, 0.2) is 0 Å². The molecule has 0 radical (unpaired) electrons. The molecular formula is C12H14BrClN4. The minimum absolute atomic E-state index is 0.685. The molecule has 1 aromatic carbocycles. The predicted molar refractivity (Wildman–Crippen MR) is 76.1 cm³/mol. The Kier molecular flexibility index (Phi) is 4.74. The summed E-state index contributed by atoms with van der Waals surface area (Å²) < 4.78 is 2.66. The number of benzene rings is 1. The molecule has 96 valence electrons. The van der Waals surface area contributed by atoms with Gasteiger partial charge in [-0.3, -0.25) is 0 Å². The van der Waals surface area contributed by atoms with Gasteiger partial charge in [-0.25, -0.2) is 4.68 Å². The van der Waals surface area contributed by atoms with Crippen LogP contribution >= 0.6 is 27.5 Å². The minimum Gasteiger partial charge on any atom is -0.311 e. The first-order valence-corrected chi connectivity index (χ1v) is 6.95. The molecule has 0 fully saturated rings. The van der Waals surface area contributed by atoms with Crippen molar-refractivity contribution in [2.24, 2.45) is 0 Å². The van der Waals surface area contributed by atoms with Crippen molar-refractivity contribution >= 4 is 27.5 Å². The van der Waals surface area contributed by atoms with Crippen molar-refractivity contribution in [1.29, 1.82) is 0 Å². The summed E-state index contributed by atoms with van der Waals surface area (Å²) in [6.45, 7) is 3.87. The van der Waals surface area contributed by atoms with E-state index in [0.717, 1.165) is 35.4 Å². The average Bonchev–Trinajstić information content (AvgIpc) is 2.81. The van der Waals surface area contributed by atoms with Gasteiger partial charge < -0.3 is 5.32 Å². The van der Waals surface area contributed by atoms with Gasteiger partial charge in [-0.15, -0.1) is 5.10 Å². The zero-order chi connectivity index (χ0) is 13.0. The van der Waals surface area contributed by atoms with E-state index < -0.39 is 0 Å². The SMILES string of the molecule is CCCNCc1cnnn1-c1ccc(Cl)c(Br)c1. The second-order valence-corrected chi connectivity index (χ2v) is 5.17. The molecule has 0 amide bonds. The number of halogens is 2. The molecule has 0 aliphatic heterocycles. The average molecular weight is 330 g/mol. The number of nitrogens with zero attached hydrogens (tertiary/aromatic N) is 3. The Morgan fingerprint density at radius 1 is 1.44 bits per heavy atom. The van der Waals surface area contributed by atoms with E-state index in [4.69, 9.17) is 11.6 Å². The highest BCUT2D eigenvalue weighted by Crippen LogP contribution is 2.25. The van der Waals surface area contributed by atoms with Gasteiger partial charge in [0.05, 0.1) is 22.6 Å². The van der Waals surface area contributed by atoms with Crippen LogP contribution in [0.2, 0.25) is 5.02 Å². The van der Waals surface area contributed by atoms with E-state index in [1.807, 2.05) is 22.9 Å². The molecule has 2 rings (SSSR count). The monoisotopic (exact) mass is 328 g/mol. The molecule has 0 saturated carbocycles. The van der Waals surface area contributed by atoms with Gasteiger partial charge in [-0.1, -0.05) is 23.7 Å². The van der Waals surface area contributed by atoms with Gasteiger partial charge in [-0.05, 0) is 47.1 Å². The van der Waals surface area contributed by atoms with Gasteiger partial charge in [-0.2, -0.15) is 0 Å². The van der Waals surface area contributed by atoms with Crippen LogP contribution in [0.5, 0.6) is 0 Å². The molecule has 0 aliphatic rings. The molecule has 0 unspecified atom stereocenters. The molecule has 2 aromatic rings. The van der Waals surface area contributed by atoms with Crippen LogP contribution in [0.3, 0.4) is 0 Å². The van der Waals surface area contributed by atoms with E-state index >= 15 is 0 Å². The van der Waals surface area contributed by atoms with E-state index in [0.29, 0.717) is 5.02 Å². The third-order valence-corrected chi connectivity index (χ3v) is 3.71. The van der Waals surface area contributed by atoms with Crippen LogP contribution in [0.25, 0.3) is 5.69 Å². The van der Waals surface area contributed by atoms with E-state index in [1.165, 1.54) is 0 Å². The largest absolute Gasteiger partial charge is 0.311 e. The van der Waals surface area contributed by atoms with Crippen molar-refractivity contribution < 1.29 is 0 Å². The van der Waals surface area contributed by atoms with E-state index in [9.17, 15) is 0 Å². The Morgan fingerprint density at radius 2 is 2.28 bits per heavy atom. The summed E-state index contributed by atoms with van der Waals surface area (Å²) in [6, 6.07) is 5.69. The highest BCUT2D eigenvalue weighted by molar-refractivity contribution is 9.10. The molecule has 18 heavy (non-hydrogen) atoms. The number of rotatable bonds is 5. The van der Waals surface area contributed by atoms with Crippen LogP contribution < -0.4 is 5.32 Å². The van der Waals surface area contributed by atoms with Crippen LogP contribution in [0.4, 0.5) is 0 Å². The maximum absolute atomic E-state index is 5.98. The minimum atomic E-state index is 0.685. The van der Waals surface area contributed by atoms with Crippen molar-refractivity contribution in [3.8, 4) is 5.69 Å². The van der Waals surface area contributed by atoms with Crippen molar-refractivity contribution in [3.05, 3.63) is 39.6 Å². The van der Waals surface area contributed by atoms with Crippen molar-refractivity contribution in [2.75, 3.05) is 6.54 Å². The van der Waals surface area contributed by atoms with Crippen LogP contribution in [0.15, 0.2) is 28.9 Å². The Bertz CT molecular complexity index is 527. The Balaban J connectivity index is 2.22. The smallest absolute Gasteiger partial charge is 0.0783 e. The molecule has 1 heterocycles. The van der Waals surface area contributed by atoms with Gasteiger partial charge in [0.1, 0.15) is 0 Å². The summed E-state index contributed by atoms with van der Waals surface area (Å²) in [5.74, 6) is 0. The Morgan fingerprint density at radius 3 is 3.00 bits per heavy atom. The molecule has 1 N–H and O–H groups in total. The third kappa shape index (κ3) is 3.10. The van der Waals surface area contributed by atoms with Gasteiger partial charge in [0.2, 0.25) is 0 Å². The zero-order valence-corrected chi connectivity index (χ0v) is 12.4. The van der Waals surface area contributed by atoms with Crippen LogP contribution in [-0.2, 0) is 6.54 Å². The molecule has 0 atom stereocenters. The molecule has 0 spiro atoms. The molecule has 1 aromatic heterocycles. The maximum atomic E-state index is 5.98. The first kappa shape index (κ1) is 13.5. The van der Waals surface area contributed by atoms with Crippen molar-refractivity contribution in [2.45, 2.75) is 19.9 Å². The van der Waals surface area contributed by atoms with Crippen molar-refractivity contribution in [3.63, 3.8) is 0 Å². The van der Waals surface area contributed by atoms with Gasteiger partial charge in [0, 0.05) is 11.0 Å². The fourth-order valence-electron chi connectivity index (χ4n) is 1.60. The lowest BCUT2D eigenvalue weighted by atomic mass is 10.3. The van der Waals surface area contributed by atoms with Crippen molar-refractivity contribution in [1.82, 2.24) is 20.3 Å². The first-order valence-electron chi connectivity index (χ1n) is 5.78. The second-order valence-electron chi connectivity index (χ2n) is 3.91. The Labute approximate surface area is 119 Å². The van der Waals surface area contributed by atoms with Gasteiger partial charge in [0.25, 0.3) is 0 Å². The van der Waals surface area contributed by atoms with E-state index in [2.05, 4.69) is 38.5 Å². The first-order chi connectivity index (χ1) is 8.72. The predicted octanol–water partition coefficient (Wildman–Crippen LogP) is 3.18. The highest BCUT2D eigenvalue weighted by Gasteiger charge is 2.07. The third-order valence-electron chi connectivity index (χ3n) is 2.50. The number of hydrogen-bond acceptors (Lipinski definition) is 3. The lowest BCUT2D eigenvalue weighted by Gasteiger charge is -2.08. The van der Waals surface area contributed by atoms with E-state index in [-0.39, 0.29) is 0 Å². The molecular weight excluding hydrogens is 316 g/mol. The normalized spacial score (nSPS) is 10.8. The summed E-state index contributed by atoms with van der Waals surface area (Å²) in [4.78, 5) is 0. The van der Waals surface area contributed by atoms with E-state index in [1.54, 1.807) is 6.20 Å². The quantitative estimate of drug-likeness (QED) is 0.857. The highest BCUT2D eigenvalue weighted by atomic mass is 79.9. The summed E-state index contributed by atoms with van der Waals surface area (Å²) in [5.41, 5.74) is 1.97. The summed E-state index contributed by atoms with van der Waals surface area (Å²) in [6.07, 6.45) is 2.87. The van der Waals surface area contributed by atoms with Gasteiger partial charge >= 0.3 is 0 Å². The summed E-state index contributed by atoms with van der Waals surface area (Å²) in [7, 11) is 0. The fourth-order valence-corrected chi connectivity index (χ4v) is 2.09. The number of aromatic nitrogens is 3. The zero-order valence-electron chi connectivity index (χ0n) is 10.0. The lowest BCUT2D eigenvalue weighted by molar-refractivity contribution is 0.641. The second kappa shape index (κ2) is 6.31. The van der Waals surface area contributed by atoms with Crippen LogP contribution in [-0.4, -0.2) is 21.5 Å². The summed E-state index contributed by atoms with van der Waals surface area (Å²) in [5, 5.41) is 12.1. The fraction of sp³-hybridized carbons (Fsp3) is 0.333. The van der Waals surface area contributed by atoms with Crippen LogP contribution in [0.1, 0.15) is 19.0 Å². The molecule has 0 saturated heterocycles. The van der Waals surface area contributed by atoms with Crippen LogP contribution in [0, 0.1) is 0 Å². The summed E-state index contributed by atoms with van der Waals surface area (Å²) >= 11 is 9.39. The topological polar surface area (TPSA) is 42.7 Å². The number of nitrogens with one attached hydrogen (secondary N) is 1. The molecule has 4 nitrogen and oxygen atoms in total.